The van der Waals surface area contributed by atoms with E-state index in [1.54, 1.807) is 48.3 Å². The zero-order valence-corrected chi connectivity index (χ0v) is 68.3. The van der Waals surface area contributed by atoms with Gasteiger partial charge in [-0.3, -0.25) is 38.9 Å². The van der Waals surface area contributed by atoms with E-state index in [9.17, 15) is 49.7 Å². The molecule has 3 saturated heterocycles. The highest BCUT2D eigenvalue weighted by Crippen LogP contribution is 2.58. The molecule has 0 bridgehead atoms. The van der Waals surface area contributed by atoms with Crippen molar-refractivity contribution in [2.24, 2.45) is 0 Å². The van der Waals surface area contributed by atoms with E-state index >= 15 is 0 Å². The maximum Gasteiger partial charge on any atom is 0.331 e. The zero-order valence-electron chi connectivity index (χ0n) is 63.6. The van der Waals surface area contributed by atoms with Crippen molar-refractivity contribution >= 4 is 204 Å². The molecule has 0 aliphatic carbocycles. The monoisotopic (exact) mass is 1730 g/mol. The molecular weight excluding hydrogens is 1670 g/mol. The fourth-order valence-electron chi connectivity index (χ4n) is 15.5. The van der Waals surface area contributed by atoms with Gasteiger partial charge in [0.25, 0.3) is 17.7 Å². The molecule has 120 heavy (non-hydrogen) atoms. The molecule has 0 saturated carbocycles. The number of nitriles is 3. The number of aromatic nitrogens is 3. The quantitative estimate of drug-likeness (QED) is 0.0715. The van der Waals surface area contributed by atoms with Gasteiger partial charge in [-0.15, -0.1) is 34.0 Å². The predicted octanol–water partition coefficient (Wildman–Crippen LogP) is 14.6. The van der Waals surface area contributed by atoms with E-state index in [0.29, 0.717) is 131 Å². The van der Waals surface area contributed by atoms with Crippen molar-refractivity contribution in [1.29, 1.82) is 15.8 Å². The highest BCUT2D eigenvalue weighted by atomic mass is 35.5. The minimum absolute atomic E-state index is 0.0259. The number of thiophene rings is 3. The van der Waals surface area contributed by atoms with Crippen LogP contribution in [0, 0.1) is 34.0 Å². The minimum atomic E-state index is -0.609. The standard InChI is InChI=1S/C30H26ClN7O5S.C29H23ClN6O5S.C22H16ClN5O5S/c1-36(2)20-11-18(4-3-16(20)14-37-7-9-41-10-8-37)34-28(39)27-23-22-24(17(12-32)13-33-29(22)44-27)38(30(40)35-23)25-19(31)5-6-21-26(25)43-15-42-21;1-34(18-4-2-16(3-5-18)14-35-8-10-39-11-9-35)28(37)26-22-21-23(17(12-31)13-32-27(21)42-26)36(29(38)33-22)24-19(30)6-7-20-25(24)41-15-40-20;23-12-1-2-13-18(33-9-32-13)17(12)28-16-10(7-24)8-25-20-14(16)15(26-22(28)31)19(34-20)21(30)27-5-3-11(29)4-6-27/h3-6,11,13H,7-10,14-15H2,1-2H3,(H,34,39)(H,35,40);2-7,13H,8-11,14-15H2,1H3,(H,33,38);1-2,8,11,29H,3-6,9H2,(H,26,31). The number of rotatable bonds is 13. The molecule has 0 spiro atoms. The summed E-state index contributed by atoms with van der Waals surface area (Å²) in [6, 6.07) is 27.9. The van der Waals surface area contributed by atoms with E-state index in [2.05, 4.69) is 64.2 Å². The van der Waals surface area contributed by atoms with Gasteiger partial charge < -0.3 is 79.0 Å². The summed E-state index contributed by atoms with van der Waals surface area (Å²) in [4.78, 5) is 111. The molecule has 3 fully saturated rings. The summed E-state index contributed by atoms with van der Waals surface area (Å²) in [6.07, 6.45) is 4.72. The SMILES string of the molecule is CN(C(=O)c1sc2ncc(C#N)c3c2c1NC(=O)N3c1c(Cl)ccc2c1OCO2)c1ccc(CN2CCOCC2)cc1.CN(C)c1cc(NC(=O)c2sc3ncc(C#N)c4c3c2NC(=O)N4c2c(Cl)ccc3c2OCO3)ccc1CN1CCOCC1.N#Cc1cnc2sc(C(=O)N3CCC(O)CC3)c3c2c1N(c1c(Cl)ccc2c1OCO2)C(=O)N3. The number of ether oxygens (including phenoxy) is 8. The smallest absolute Gasteiger partial charge is 0.331 e. The number of hydrogen-bond acceptors (Lipinski definition) is 27. The molecule has 0 unspecified atom stereocenters. The Morgan fingerprint density at radius 1 is 0.533 bits per heavy atom. The van der Waals surface area contributed by atoms with Gasteiger partial charge in [-0.25, -0.2) is 29.3 Å². The molecule has 0 atom stereocenters. The van der Waals surface area contributed by atoms with Crippen LogP contribution in [-0.4, -0.2) is 184 Å². The van der Waals surface area contributed by atoms with Crippen LogP contribution in [0.1, 0.15) is 69.7 Å². The first-order valence-corrected chi connectivity index (χ1v) is 41.0. The summed E-state index contributed by atoms with van der Waals surface area (Å²) < 4.78 is 44.3. The van der Waals surface area contributed by atoms with E-state index in [1.165, 1.54) is 38.2 Å². The summed E-state index contributed by atoms with van der Waals surface area (Å²) in [5.41, 5.74) is 7.44. The average Bonchev–Trinajstić information content (AvgIpc) is 1.53. The van der Waals surface area contributed by atoms with Gasteiger partial charge in [0.15, 0.2) is 34.5 Å². The van der Waals surface area contributed by atoms with Crippen LogP contribution >= 0.6 is 68.8 Å². The van der Waals surface area contributed by atoms with Gasteiger partial charge in [-0.2, -0.15) is 15.8 Å². The van der Waals surface area contributed by atoms with E-state index in [0.717, 1.165) is 103 Å². The second-order valence-electron chi connectivity index (χ2n) is 28.6. The average molecular weight is 1730 g/mol. The van der Waals surface area contributed by atoms with Gasteiger partial charge in [0.1, 0.15) is 64.4 Å². The summed E-state index contributed by atoms with van der Waals surface area (Å²) in [5.74, 6) is 1.16. The van der Waals surface area contributed by atoms with Gasteiger partial charge in [0.05, 0.1) is 115 Å². The molecule has 5 aromatic carbocycles. The number of piperidine rings is 1. The summed E-state index contributed by atoms with van der Waals surface area (Å²) in [5, 5.41) is 53.3. The molecule has 9 aliphatic rings. The number of anilines is 12. The van der Waals surface area contributed by atoms with Gasteiger partial charge >= 0.3 is 18.1 Å². The van der Waals surface area contributed by atoms with Gasteiger partial charge in [0.2, 0.25) is 20.4 Å². The molecule has 6 aromatic heterocycles. The maximum atomic E-state index is 13.9. The third kappa shape index (κ3) is 14.0. The molecule has 11 aromatic rings. The first-order valence-electron chi connectivity index (χ1n) is 37.5. The molecule has 33 nitrogen and oxygen atoms in total. The number of aliphatic hydroxyl groups excluding tert-OH is 1. The zero-order chi connectivity index (χ0) is 83.1. The summed E-state index contributed by atoms with van der Waals surface area (Å²) >= 11 is 23.1. The second kappa shape index (κ2) is 32.3. The normalized spacial score (nSPS) is 16.2. The largest absolute Gasteiger partial charge is 0.454 e. The first-order chi connectivity index (χ1) is 58.2. The Morgan fingerprint density at radius 2 is 0.950 bits per heavy atom. The topological polar surface area (TPSA) is 381 Å². The first kappa shape index (κ1) is 78.6. The fraction of sp³-hybridized carbons (Fsp3) is 0.259. The number of carbonyl (C=O) groups excluding carboxylic acids is 6. The number of benzene rings is 5. The molecule has 5 N–H and O–H groups in total. The fourth-order valence-corrected chi connectivity index (χ4v) is 19.3. The summed E-state index contributed by atoms with van der Waals surface area (Å²) in [6.45, 7) is 8.74. The molecule has 39 heteroatoms. The number of fused-ring (bicyclic) bond motifs is 3. The van der Waals surface area contributed by atoms with Crippen molar-refractivity contribution in [3.05, 3.63) is 155 Å². The number of nitrogens with one attached hydrogen (secondary N) is 4. The Kier molecular flexibility index (Phi) is 21.1. The number of aliphatic hydroxyl groups is 1. The van der Waals surface area contributed by atoms with Crippen LogP contribution in [0.5, 0.6) is 34.5 Å². The number of halogens is 3. The molecule has 9 aliphatic heterocycles. The number of urea groups is 3. The molecule has 0 radical (unpaired) electrons. The Balaban J connectivity index is 0.000000125. The Bertz CT molecular complexity index is 6290. The molecule has 15 heterocycles. The number of hydrogen-bond donors (Lipinski definition) is 5. The van der Waals surface area contributed by atoms with Crippen LogP contribution in [0.4, 0.5) is 82.6 Å². The number of nitrogens with zero attached hydrogens (tertiary/aromatic N) is 14. The van der Waals surface area contributed by atoms with Gasteiger partial charge in [-0.05, 0) is 84.6 Å². The van der Waals surface area contributed by atoms with E-state index in [-0.39, 0.29) is 114 Å². The van der Waals surface area contributed by atoms with Crippen LogP contribution < -0.4 is 74.2 Å². The highest BCUT2D eigenvalue weighted by molar-refractivity contribution is 7.22. The van der Waals surface area contributed by atoms with Crippen molar-refractivity contribution in [2.75, 3.05) is 153 Å². The lowest BCUT2D eigenvalue weighted by molar-refractivity contribution is 0.0341. The van der Waals surface area contributed by atoms with Gasteiger partial charge in [0, 0.05) is 109 Å². The number of morpholine rings is 2. The van der Waals surface area contributed by atoms with Crippen LogP contribution in [0.3, 0.4) is 0 Å². The molecule has 9 amide bonds. The van der Waals surface area contributed by atoms with E-state index in [4.69, 9.17) is 72.7 Å². The number of pyridine rings is 3. The van der Waals surface area contributed by atoms with Crippen LogP contribution in [0.2, 0.25) is 15.1 Å². The van der Waals surface area contributed by atoms with Crippen molar-refractivity contribution in [3.8, 4) is 52.7 Å². The third-order valence-corrected chi connectivity index (χ3v) is 25.5. The van der Waals surface area contributed by atoms with Crippen LogP contribution in [0.15, 0.2) is 97.5 Å². The Hall–Kier alpha value is -12.6. The number of amides is 9. The van der Waals surface area contributed by atoms with Crippen LogP contribution in [0.25, 0.3) is 30.6 Å². The predicted molar refractivity (Wildman–Crippen MR) is 450 cm³/mol. The molecule has 20 rings (SSSR count). The lowest BCUT2D eigenvalue weighted by Gasteiger charge is -2.31. The number of carbonyl (C=O) groups is 6. The van der Waals surface area contributed by atoms with Crippen molar-refractivity contribution < 1.29 is 71.8 Å². The van der Waals surface area contributed by atoms with Crippen molar-refractivity contribution in [1.82, 2.24) is 29.7 Å². The molecule has 608 valence electrons. The van der Waals surface area contributed by atoms with Gasteiger partial charge in [-0.1, -0.05) is 53.0 Å². The lowest BCUT2D eigenvalue weighted by Crippen LogP contribution is -2.40. The Morgan fingerprint density at radius 3 is 1.39 bits per heavy atom. The summed E-state index contributed by atoms with van der Waals surface area (Å²) in [7, 11) is 5.62. The van der Waals surface area contributed by atoms with E-state index in [1.807, 2.05) is 61.5 Å². The van der Waals surface area contributed by atoms with Crippen molar-refractivity contribution in [2.45, 2.75) is 32.0 Å². The lowest BCUT2D eigenvalue weighted by atomic mass is 10.1. The third-order valence-electron chi connectivity index (χ3n) is 21.3. The highest BCUT2D eigenvalue weighted by Gasteiger charge is 2.44. The van der Waals surface area contributed by atoms with Crippen molar-refractivity contribution in [3.63, 3.8) is 0 Å². The number of likely N-dealkylation sites (tertiary alicyclic amines) is 1. The second-order valence-corrected chi connectivity index (χ2v) is 32.8. The minimum Gasteiger partial charge on any atom is -0.454 e. The maximum absolute atomic E-state index is 13.9. The Labute approximate surface area is 708 Å². The van der Waals surface area contributed by atoms with E-state index < -0.39 is 30.1 Å². The molecular formula is C81H65Cl3N18O15S3. The van der Waals surface area contributed by atoms with Crippen LogP contribution in [-0.2, 0) is 22.6 Å².